The minimum Gasteiger partial charge on any atom is -0.481 e. The first-order valence-electron chi connectivity index (χ1n) is 10.5. The molecule has 0 aromatic heterocycles. The minimum absolute atomic E-state index is 0.0146. The molecule has 2 fully saturated rings. The Labute approximate surface area is 167 Å². The predicted molar refractivity (Wildman–Crippen MR) is 107 cm³/mol. The highest BCUT2D eigenvalue weighted by molar-refractivity contribution is 5.94. The molecular weight excluding hydrogens is 356 g/mol. The SMILES string of the molecule is CC(=O)c1ccc(O[C@H](C)C(=O)NCC2([NH+]3CCOCC3)CCCCC2)cc1. The third kappa shape index (κ3) is 5.11. The molecule has 0 bridgehead atoms. The van der Waals surface area contributed by atoms with E-state index in [4.69, 9.17) is 9.47 Å². The lowest BCUT2D eigenvalue weighted by molar-refractivity contribution is -0.960. The molecule has 1 aromatic rings. The van der Waals surface area contributed by atoms with E-state index in [0.717, 1.165) is 39.1 Å². The van der Waals surface area contributed by atoms with E-state index in [1.807, 2.05) is 0 Å². The van der Waals surface area contributed by atoms with Gasteiger partial charge in [-0.25, -0.2) is 0 Å². The lowest BCUT2D eigenvalue weighted by Gasteiger charge is -2.45. The molecule has 28 heavy (non-hydrogen) atoms. The molecular formula is C22H33N2O4+. The van der Waals surface area contributed by atoms with Crippen LogP contribution in [0.15, 0.2) is 24.3 Å². The van der Waals surface area contributed by atoms with Gasteiger partial charge in [0, 0.05) is 18.4 Å². The number of ether oxygens (including phenoxy) is 2. The fraction of sp³-hybridized carbons (Fsp3) is 0.636. The van der Waals surface area contributed by atoms with Gasteiger partial charge in [0.1, 0.15) is 24.4 Å². The van der Waals surface area contributed by atoms with Gasteiger partial charge >= 0.3 is 0 Å². The summed E-state index contributed by atoms with van der Waals surface area (Å²) in [5, 5.41) is 3.16. The van der Waals surface area contributed by atoms with Gasteiger partial charge in [-0.1, -0.05) is 6.42 Å². The van der Waals surface area contributed by atoms with E-state index in [0.29, 0.717) is 17.9 Å². The van der Waals surface area contributed by atoms with Crippen LogP contribution in [0.5, 0.6) is 5.75 Å². The Morgan fingerprint density at radius 2 is 1.79 bits per heavy atom. The van der Waals surface area contributed by atoms with Gasteiger partial charge in [-0.3, -0.25) is 9.59 Å². The Hall–Kier alpha value is -1.92. The summed E-state index contributed by atoms with van der Waals surface area (Å²) < 4.78 is 11.3. The van der Waals surface area contributed by atoms with Crippen LogP contribution in [0.3, 0.4) is 0 Å². The minimum atomic E-state index is -0.580. The molecule has 154 valence electrons. The summed E-state index contributed by atoms with van der Waals surface area (Å²) >= 11 is 0. The van der Waals surface area contributed by atoms with Gasteiger partial charge in [0.25, 0.3) is 5.91 Å². The molecule has 1 saturated heterocycles. The van der Waals surface area contributed by atoms with Crippen molar-refractivity contribution >= 4 is 11.7 Å². The highest BCUT2D eigenvalue weighted by Crippen LogP contribution is 2.25. The zero-order valence-corrected chi connectivity index (χ0v) is 17.1. The molecule has 2 aliphatic rings. The number of hydrogen-bond donors (Lipinski definition) is 2. The standard InChI is InChI=1S/C22H32N2O4/c1-17(25)19-6-8-20(9-7-19)28-18(2)21(26)23-16-22(10-4-3-5-11-22)24-12-14-27-15-13-24/h6-9,18H,3-5,10-16H2,1-2H3,(H,23,26)/p+1/t18-/m1/s1. The molecule has 2 N–H and O–H groups in total. The molecule has 0 unspecified atom stereocenters. The molecule has 0 spiro atoms. The largest absolute Gasteiger partial charge is 0.481 e. The number of Topliss-reactive ketones (excluding diaryl/α,β-unsaturated/α-hetero) is 1. The van der Waals surface area contributed by atoms with Crippen molar-refractivity contribution < 1.29 is 24.0 Å². The van der Waals surface area contributed by atoms with Gasteiger partial charge in [0.2, 0.25) is 0 Å². The number of rotatable bonds is 7. The van der Waals surface area contributed by atoms with E-state index < -0.39 is 6.10 Å². The molecule has 1 aromatic carbocycles. The normalized spacial score (nSPS) is 20.9. The first-order valence-corrected chi connectivity index (χ1v) is 10.5. The highest BCUT2D eigenvalue weighted by Gasteiger charge is 2.42. The summed E-state index contributed by atoms with van der Waals surface area (Å²) in [6.45, 7) is 7.64. The maximum absolute atomic E-state index is 12.7. The van der Waals surface area contributed by atoms with Gasteiger partial charge in [-0.2, -0.15) is 0 Å². The molecule has 6 nitrogen and oxygen atoms in total. The number of quaternary nitrogens is 1. The van der Waals surface area contributed by atoms with Crippen molar-refractivity contribution in [2.24, 2.45) is 0 Å². The van der Waals surface area contributed by atoms with Crippen LogP contribution in [-0.4, -0.2) is 56.2 Å². The van der Waals surface area contributed by atoms with E-state index in [9.17, 15) is 9.59 Å². The first kappa shape index (κ1) is 20.8. The number of benzene rings is 1. The second-order valence-electron chi connectivity index (χ2n) is 8.12. The van der Waals surface area contributed by atoms with Gasteiger partial charge < -0.3 is 19.7 Å². The number of hydrogen-bond acceptors (Lipinski definition) is 4. The van der Waals surface area contributed by atoms with Gasteiger partial charge in [-0.05, 0) is 51.0 Å². The Morgan fingerprint density at radius 1 is 1.14 bits per heavy atom. The van der Waals surface area contributed by atoms with Crippen molar-refractivity contribution in [3.05, 3.63) is 29.8 Å². The number of amides is 1. The molecule has 1 aliphatic heterocycles. The van der Waals surface area contributed by atoms with Crippen LogP contribution in [0, 0.1) is 0 Å². The molecule has 1 amide bonds. The van der Waals surface area contributed by atoms with Crippen LogP contribution < -0.4 is 15.0 Å². The third-order valence-electron chi connectivity index (χ3n) is 6.20. The Bertz CT molecular complexity index is 662. The molecule has 3 rings (SSSR count). The number of carbonyl (C=O) groups is 2. The third-order valence-corrected chi connectivity index (χ3v) is 6.20. The lowest BCUT2D eigenvalue weighted by Crippen LogP contribution is -3.23. The summed E-state index contributed by atoms with van der Waals surface area (Å²) in [4.78, 5) is 25.6. The van der Waals surface area contributed by atoms with E-state index in [-0.39, 0.29) is 17.2 Å². The predicted octanol–water partition coefficient (Wildman–Crippen LogP) is 1.39. The molecule has 1 aliphatic carbocycles. The summed E-state index contributed by atoms with van der Waals surface area (Å²) in [7, 11) is 0. The second kappa shape index (κ2) is 9.52. The zero-order valence-electron chi connectivity index (χ0n) is 17.1. The Balaban J connectivity index is 1.56. The van der Waals surface area contributed by atoms with E-state index in [1.165, 1.54) is 26.2 Å². The maximum atomic E-state index is 12.7. The van der Waals surface area contributed by atoms with Crippen LogP contribution in [0.4, 0.5) is 0 Å². The Kier molecular flexibility index (Phi) is 7.08. The van der Waals surface area contributed by atoms with E-state index in [2.05, 4.69) is 5.32 Å². The topological polar surface area (TPSA) is 69.1 Å². The van der Waals surface area contributed by atoms with Gasteiger partial charge in [0.15, 0.2) is 11.9 Å². The van der Waals surface area contributed by atoms with Crippen molar-refractivity contribution in [1.29, 1.82) is 0 Å². The van der Waals surface area contributed by atoms with Gasteiger partial charge in [0.05, 0.1) is 19.8 Å². The molecule has 0 radical (unpaired) electrons. The summed E-state index contributed by atoms with van der Waals surface area (Å²) in [6, 6.07) is 6.92. The van der Waals surface area contributed by atoms with E-state index in [1.54, 1.807) is 36.1 Å². The van der Waals surface area contributed by atoms with Crippen LogP contribution in [0.25, 0.3) is 0 Å². The fourth-order valence-corrected chi connectivity index (χ4v) is 4.46. The monoisotopic (exact) mass is 389 g/mol. The average molecular weight is 390 g/mol. The van der Waals surface area contributed by atoms with Crippen molar-refractivity contribution in [3.8, 4) is 5.75 Å². The summed E-state index contributed by atoms with van der Waals surface area (Å²) in [5.41, 5.74) is 0.762. The molecule has 1 saturated carbocycles. The molecule has 1 atom stereocenters. The van der Waals surface area contributed by atoms with Crippen molar-refractivity contribution in [3.63, 3.8) is 0 Å². The highest BCUT2D eigenvalue weighted by atomic mass is 16.5. The fourth-order valence-electron chi connectivity index (χ4n) is 4.46. The van der Waals surface area contributed by atoms with Crippen molar-refractivity contribution in [2.75, 3.05) is 32.8 Å². The van der Waals surface area contributed by atoms with Crippen LogP contribution in [0.2, 0.25) is 0 Å². The number of nitrogens with one attached hydrogen (secondary N) is 2. The maximum Gasteiger partial charge on any atom is 0.261 e. The smallest absolute Gasteiger partial charge is 0.261 e. The summed E-state index contributed by atoms with van der Waals surface area (Å²) in [6.07, 6.45) is 5.48. The van der Waals surface area contributed by atoms with Gasteiger partial charge in [-0.15, -0.1) is 0 Å². The quantitative estimate of drug-likeness (QED) is 0.692. The number of morpholine rings is 1. The van der Waals surface area contributed by atoms with Crippen LogP contribution >= 0.6 is 0 Å². The van der Waals surface area contributed by atoms with E-state index >= 15 is 0 Å². The molecule has 1 heterocycles. The number of ketones is 1. The van der Waals surface area contributed by atoms with Crippen LogP contribution in [0.1, 0.15) is 56.3 Å². The van der Waals surface area contributed by atoms with Crippen molar-refractivity contribution in [1.82, 2.24) is 5.32 Å². The average Bonchev–Trinajstić information content (AvgIpc) is 2.73. The number of carbonyl (C=O) groups excluding carboxylic acids is 2. The summed E-state index contributed by atoms with van der Waals surface area (Å²) in [5.74, 6) is 0.521. The first-order chi connectivity index (χ1) is 13.5. The van der Waals surface area contributed by atoms with Crippen LogP contribution in [-0.2, 0) is 9.53 Å². The molecule has 6 heteroatoms. The zero-order chi connectivity index (χ0) is 20.0. The Morgan fingerprint density at radius 3 is 2.39 bits per heavy atom. The lowest BCUT2D eigenvalue weighted by atomic mass is 9.79. The van der Waals surface area contributed by atoms with Crippen molar-refractivity contribution in [2.45, 2.75) is 57.6 Å². The second-order valence-corrected chi connectivity index (χ2v) is 8.12.